The molecule has 0 fully saturated rings. The van der Waals surface area contributed by atoms with Crippen LogP contribution in [0.2, 0.25) is 5.02 Å². The Morgan fingerprint density at radius 3 is 2.27 bits per heavy atom. The molecule has 0 N–H and O–H groups in total. The van der Waals surface area contributed by atoms with Crippen LogP contribution in [0, 0.1) is 6.92 Å². The zero-order chi connectivity index (χ0) is 15.5. The van der Waals surface area contributed by atoms with Crippen molar-refractivity contribution in [2.45, 2.75) is 6.92 Å². The van der Waals surface area contributed by atoms with E-state index in [1.165, 1.54) is 11.1 Å². The Morgan fingerprint density at radius 2 is 1.55 bits per heavy atom. The number of rotatable bonds is 3. The first kappa shape index (κ1) is 14.6. The number of hydrogen-bond acceptors (Lipinski definition) is 0. The van der Waals surface area contributed by atoms with Gasteiger partial charge in [-0.05, 0) is 58.5 Å². The van der Waals surface area contributed by atoms with Gasteiger partial charge in [-0.2, -0.15) is 0 Å². The van der Waals surface area contributed by atoms with E-state index in [9.17, 15) is 0 Å². The van der Waals surface area contributed by atoms with E-state index < -0.39 is 0 Å². The minimum absolute atomic E-state index is 0.743. The molecule has 0 spiro atoms. The minimum Gasteiger partial charge on any atom is -0.0984 e. The summed E-state index contributed by atoms with van der Waals surface area (Å²) >= 11 is 6.36. The third kappa shape index (κ3) is 2.84. The van der Waals surface area contributed by atoms with Gasteiger partial charge in [0.2, 0.25) is 0 Å². The summed E-state index contributed by atoms with van der Waals surface area (Å²) in [6.07, 6.45) is 1.91. The summed E-state index contributed by atoms with van der Waals surface area (Å²) < 4.78 is 0. The van der Waals surface area contributed by atoms with Gasteiger partial charge in [0.25, 0.3) is 0 Å². The monoisotopic (exact) mass is 304 g/mol. The molecule has 0 amide bonds. The molecule has 3 aromatic carbocycles. The molecule has 0 aliphatic heterocycles. The maximum absolute atomic E-state index is 6.36. The summed E-state index contributed by atoms with van der Waals surface area (Å²) in [5.74, 6) is 0. The topological polar surface area (TPSA) is 0 Å². The molecule has 0 aliphatic rings. The average molecular weight is 305 g/mol. The molecular formula is C21H17Cl. The summed E-state index contributed by atoms with van der Waals surface area (Å²) in [5.41, 5.74) is 6.94. The summed E-state index contributed by atoms with van der Waals surface area (Å²) in [6.45, 7) is 6.05. The van der Waals surface area contributed by atoms with Crippen molar-refractivity contribution in [2.24, 2.45) is 0 Å². The van der Waals surface area contributed by atoms with Gasteiger partial charge in [-0.15, -0.1) is 0 Å². The van der Waals surface area contributed by atoms with Crippen molar-refractivity contribution in [2.75, 3.05) is 0 Å². The fraction of sp³-hybridized carbons (Fsp3) is 0.0476. The summed E-state index contributed by atoms with van der Waals surface area (Å²) in [4.78, 5) is 0. The minimum atomic E-state index is 0.743. The van der Waals surface area contributed by atoms with Crippen LogP contribution in [0.15, 0.2) is 73.3 Å². The van der Waals surface area contributed by atoms with E-state index in [0.717, 1.165) is 27.3 Å². The van der Waals surface area contributed by atoms with E-state index in [2.05, 4.69) is 49.9 Å². The van der Waals surface area contributed by atoms with Gasteiger partial charge in [0.05, 0.1) is 0 Å². The highest BCUT2D eigenvalue weighted by molar-refractivity contribution is 6.31. The average Bonchev–Trinajstić information content (AvgIpc) is 2.55. The summed E-state index contributed by atoms with van der Waals surface area (Å²) in [6, 6.07) is 22.8. The second-order valence-corrected chi connectivity index (χ2v) is 5.77. The SMILES string of the molecule is C=Cc1c(C)cccc1-c1cc(Cl)cc(-c2ccccc2)c1. The molecule has 0 radical (unpaired) electrons. The van der Waals surface area contributed by atoms with Crippen LogP contribution in [0.4, 0.5) is 0 Å². The van der Waals surface area contributed by atoms with Crippen LogP contribution in [0.5, 0.6) is 0 Å². The predicted molar refractivity (Wildman–Crippen MR) is 97.2 cm³/mol. The zero-order valence-electron chi connectivity index (χ0n) is 12.5. The van der Waals surface area contributed by atoms with Crippen molar-refractivity contribution in [3.8, 4) is 22.3 Å². The first-order valence-corrected chi connectivity index (χ1v) is 7.65. The summed E-state index contributed by atoms with van der Waals surface area (Å²) in [5, 5.41) is 0.743. The first-order valence-electron chi connectivity index (χ1n) is 7.27. The Kier molecular flexibility index (Phi) is 4.13. The van der Waals surface area contributed by atoms with Crippen LogP contribution in [-0.4, -0.2) is 0 Å². The molecule has 22 heavy (non-hydrogen) atoms. The molecule has 0 aromatic heterocycles. The fourth-order valence-electron chi connectivity index (χ4n) is 2.75. The lowest BCUT2D eigenvalue weighted by Crippen LogP contribution is -1.88. The van der Waals surface area contributed by atoms with Gasteiger partial charge in [-0.25, -0.2) is 0 Å². The maximum Gasteiger partial charge on any atom is 0.0418 e. The Balaban J connectivity index is 2.19. The highest BCUT2D eigenvalue weighted by Crippen LogP contribution is 2.33. The van der Waals surface area contributed by atoms with Crippen LogP contribution in [0.1, 0.15) is 11.1 Å². The molecule has 0 aliphatic carbocycles. The number of hydrogen-bond donors (Lipinski definition) is 0. The largest absolute Gasteiger partial charge is 0.0984 e. The van der Waals surface area contributed by atoms with Gasteiger partial charge in [0, 0.05) is 5.02 Å². The first-order chi connectivity index (χ1) is 10.7. The molecule has 0 heterocycles. The second-order valence-electron chi connectivity index (χ2n) is 5.33. The third-order valence-electron chi connectivity index (χ3n) is 3.84. The van der Waals surface area contributed by atoms with E-state index in [0.29, 0.717) is 0 Å². The van der Waals surface area contributed by atoms with E-state index in [4.69, 9.17) is 11.6 Å². The Labute approximate surface area is 136 Å². The van der Waals surface area contributed by atoms with Crippen molar-refractivity contribution in [3.63, 3.8) is 0 Å². The van der Waals surface area contributed by atoms with Crippen molar-refractivity contribution < 1.29 is 0 Å². The van der Waals surface area contributed by atoms with Gasteiger partial charge < -0.3 is 0 Å². The van der Waals surface area contributed by atoms with E-state index in [-0.39, 0.29) is 0 Å². The molecule has 1 heteroatoms. The van der Waals surface area contributed by atoms with Crippen molar-refractivity contribution in [3.05, 3.63) is 89.5 Å². The smallest absolute Gasteiger partial charge is 0.0418 e. The maximum atomic E-state index is 6.36. The Morgan fingerprint density at radius 1 is 0.818 bits per heavy atom. The van der Waals surface area contributed by atoms with Crippen LogP contribution < -0.4 is 0 Å². The highest BCUT2D eigenvalue weighted by atomic mass is 35.5. The van der Waals surface area contributed by atoms with Crippen LogP contribution >= 0.6 is 11.6 Å². The number of aryl methyl sites for hydroxylation is 1. The molecule has 108 valence electrons. The normalized spacial score (nSPS) is 10.5. The third-order valence-corrected chi connectivity index (χ3v) is 4.06. The molecule has 0 unspecified atom stereocenters. The summed E-state index contributed by atoms with van der Waals surface area (Å²) in [7, 11) is 0. The lowest BCUT2D eigenvalue weighted by Gasteiger charge is -2.12. The molecule has 0 nitrogen and oxygen atoms in total. The van der Waals surface area contributed by atoms with Crippen LogP contribution in [-0.2, 0) is 0 Å². The quantitative estimate of drug-likeness (QED) is 0.509. The van der Waals surface area contributed by atoms with Gasteiger partial charge >= 0.3 is 0 Å². The molecule has 0 saturated carbocycles. The zero-order valence-corrected chi connectivity index (χ0v) is 13.3. The molecule has 3 rings (SSSR count). The van der Waals surface area contributed by atoms with Gasteiger partial charge in [0.1, 0.15) is 0 Å². The van der Waals surface area contributed by atoms with Crippen molar-refractivity contribution in [1.29, 1.82) is 0 Å². The van der Waals surface area contributed by atoms with Crippen LogP contribution in [0.25, 0.3) is 28.3 Å². The molecule has 3 aromatic rings. The molecule has 0 bridgehead atoms. The van der Waals surface area contributed by atoms with Crippen molar-refractivity contribution >= 4 is 17.7 Å². The fourth-order valence-corrected chi connectivity index (χ4v) is 2.98. The number of halogens is 1. The van der Waals surface area contributed by atoms with Gasteiger partial charge in [0.15, 0.2) is 0 Å². The Hall–Kier alpha value is -2.31. The van der Waals surface area contributed by atoms with E-state index in [1.54, 1.807) is 0 Å². The predicted octanol–water partition coefficient (Wildman–Crippen LogP) is 6.63. The molecule has 0 saturated heterocycles. The molecular weight excluding hydrogens is 288 g/mol. The van der Waals surface area contributed by atoms with Crippen LogP contribution in [0.3, 0.4) is 0 Å². The van der Waals surface area contributed by atoms with Gasteiger partial charge in [-0.1, -0.05) is 72.8 Å². The number of benzene rings is 3. The highest BCUT2D eigenvalue weighted by Gasteiger charge is 2.08. The Bertz CT molecular complexity index is 817. The van der Waals surface area contributed by atoms with E-state index in [1.807, 2.05) is 36.4 Å². The lowest BCUT2D eigenvalue weighted by molar-refractivity contribution is 1.44. The second kappa shape index (κ2) is 6.21. The van der Waals surface area contributed by atoms with E-state index >= 15 is 0 Å². The standard InChI is InChI=1S/C21H17Cl/c1-3-20-15(2)8-7-11-21(20)18-12-17(13-19(22)14-18)16-9-5-4-6-10-16/h3-14H,1H2,2H3. The van der Waals surface area contributed by atoms with Gasteiger partial charge in [-0.3, -0.25) is 0 Å². The van der Waals surface area contributed by atoms with Crippen molar-refractivity contribution in [1.82, 2.24) is 0 Å². The lowest BCUT2D eigenvalue weighted by atomic mass is 9.93. The molecule has 0 atom stereocenters.